The van der Waals surface area contributed by atoms with Crippen LogP contribution >= 0.6 is 35.3 Å². The lowest BCUT2D eigenvalue weighted by Gasteiger charge is -2.33. The molecule has 0 spiro atoms. The number of nitrogens with one attached hydrogen (secondary N) is 17. The number of benzene rings is 4. The zero-order chi connectivity index (χ0) is 104. The molecule has 2 heterocycles. The summed E-state index contributed by atoms with van der Waals surface area (Å²) in [6.45, 7) is 7.37. The third-order valence-corrected chi connectivity index (χ3v) is 24.7. The van der Waals surface area contributed by atoms with E-state index in [1.54, 1.807) is 53.4 Å². The fourth-order valence-electron chi connectivity index (χ4n) is 13.9. The normalized spacial score (nSPS) is 24.7. The number of carboxylic acid groups (broad SMARTS) is 4. The van der Waals surface area contributed by atoms with Crippen molar-refractivity contribution in [2.75, 3.05) is 73.8 Å². The van der Waals surface area contributed by atoms with E-state index in [4.69, 9.17) is 17.2 Å². The van der Waals surface area contributed by atoms with Crippen LogP contribution in [0.4, 0.5) is 0 Å². The standard InChI is InChI=1S/C89H121N21O28S3/c1-45(90)75(125)107-63-40-140-43-67(114)94-28-31-110-30-27-93-66(113)42-139-39-62(74(92)124)106-88(138)73(89(4,5)6)109-85(135)61(38-72(122)123)105-82(132)57(34-49-19-21-52(111)22-20-49)101-81(131)56(33-48-13-8-7-9-14-48)102-84(134)60(37-71(120)121)104-79(129)55(24-26-70(118)119)99-87(137)64(41-141-44-68(115)95-29-32-110)108-77(127)47(3)96-80(130)58(35-51-17-12-16-50-15-10-11-18-53(50)51)103-78(128)54(23-25-69(116)117)98-83(133)59(36-65(91)112)100-76(126)46(2)97-86(63)136/h7-22,45-47,54-64,73,111H,23-44,90H2,1-6H3,(H2,91,112)(H2,92,124)(H,93,113)(H,94,114)(H,95,115)(H,96,130)(H,97,136)(H,98,133)(H,99,137)(H,100,126)(H,101,131)(H,102,134)(H,103,128)(H,104,129)(H,105,132)(H,106,138)(H,107,125)(H,108,127)(H,109,135)(H,116,117)(H,118,119)(H,120,121)(H,122,123)/t45-,46+,47+,54-,55-,56-,57-,58-,59-,60-,61?,62-,63-,64-,73+/m0/s1. The van der Waals surface area contributed by atoms with E-state index in [1.165, 1.54) is 76.2 Å². The van der Waals surface area contributed by atoms with Crippen molar-refractivity contribution in [1.82, 2.24) is 95.3 Å². The third-order valence-electron chi connectivity index (χ3n) is 21.5. The Morgan fingerprint density at radius 2 is 0.816 bits per heavy atom. The molecule has 6 rings (SSSR count). The van der Waals surface area contributed by atoms with Gasteiger partial charge in [-0.3, -0.25) is 115 Å². The summed E-state index contributed by atoms with van der Waals surface area (Å²) in [4.78, 5) is 323. The first kappa shape index (κ1) is 115. The van der Waals surface area contributed by atoms with Crippen LogP contribution in [0.1, 0.15) is 103 Å². The third kappa shape index (κ3) is 41.0. The predicted molar refractivity (Wildman–Crippen MR) is 510 cm³/mol. The number of hydrogen-bond acceptors (Lipinski definition) is 29. The summed E-state index contributed by atoms with van der Waals surface area (Å²) in [6, 6.07) is -3.14. The van der Waals surface area contributed by atoms with Crippen molar-refractivity contribution >= 4 is 182 Å². The van der Waals surface area contributed by atoms with Gasteiger partial charge in [-0.15, -0.1) is 35.3 Å². The van der Waals surface area contributed by atoms with Crippen molar-refractivity contribution in [3.63, 3.8) is 0 Å². The van der Waals surface area contributed by atoms with E-state index in [9.17, 15) is 121 Å². The number of hydrogen-bond donors (Lipinski definition) is 25. The Hall–Kier alpha value is -14.3. The van der Waals surface area contributed by atoms with Crippen LogP contribution in [0.3, 0.4) is 0 Å². The molecule has 2 saturated heterocycles. The van der Waals surface area contributed by atoms with E-state index in [-0.39, 0.29) is 73.4 Å². The number of nitrogens with zero attached hydrogens (tertiary/aromatic N) is 1. The van der Waals surface area contributed by atoms with Crippen LogP contribution in [0, 0.1) is 5.41 Å². The summed E-state index contributed by atoms with van der Waals surface area (Å²) in [5.41, 5.74) is 16.7. The fraction of sp³-hybridized carbons (Fsp3) is 0.494. The number of aromatic hydroxyl groups is 1. The first-order valence-corrected chi connectivity index (χ1v) is 48.0. The highest BCUT2D eigenvalue weighted by Crippen LogP contribution is 2.24. The van der Waals surface area contributed by atoms with Crippen LogP contribution in [0.2, 0.25) is 0 Å². The van der Waals surface area contributed by atoms with Crippen LogP contribution in [0.25, 0.3) is 10.8 Å². The molecule has 0 aliphatic carbocycles. The molecule has 2 aliphatic heterocycles. The number of phenols is 1. The van der Waals surface area contributed by atoms with Gasteiger partial charge in [-0.05, 0) is 78.6 Å². The summed E-state index contributed by atoms with van der Waals surface area (Å²) >= 11 is 2.31. The summed E-state index contributed by atoms with van der Waals surface area (Å²) in [5.74, 6) is -31.2. The maximum absolute atomic E-state index is 15.1. The molecule has 2 unspecified atom stereocenters. The SMILES string of the molecule is C[C@H](N)C(=O)N[C@H]1CSCC(=O)NCCN2CCNC(=O)CSC[C@@H](C(N)=O)NC(=O)[C@H](C(C)(C)C)NC(=O)C(CC(=O)O)NC(=O)[C@H](Cc3ccc(O)cc3)NC(=O)[C@H](Cc3ccccc3)NC(=O)[C@H](CC(=O)O)NC(=O)[C@H](CCC(=O)O)NC(=O)[C@H](CSCC(=O)NCC2)NC(=O)[C@@H](C)NC(=O)[C@H](Cc2cccc3ccccc23)NC(=O)[C@H](CCC(=O)O)NC(=O)[C@H](CC(N)=O)NC(=O)[C@@H](C)NC1=O. The minimum absolute atomic E-state index is 0.0246. The topological polar surface area (TPSA) is 780 Å². The molecular formula is C89H121N21O28S3. The van der Waals surface area contributed by atoms with Gasteiger partial charge in [-0.2, -0.15) is 0 Å². The molecule has 19 amide bonds. The smallest absolute Gasteiger partial charge is 0.305 e. The maximum atomic E-state index is 15.1. The van der Waals surface area contributed by atoms with Crippen LogP contribution < -0.4 is 108 Å². The molecule has 4 aromatic carbocycles. The van der Waals surface area contributed by atoms with Gasteiger partial charge in [0.2, 0.25) is 112 Å². The molecule has 768 valence electrons. The summed E-state index contributed by atoms with van der Waals surface area (Å²) in [7, 11) is 0. The number of primary amides is 2. The Kier molecular flexibility index (Phi) is 46.9. The lowest BCUT2D eigenvalue weighted by atomic mass is 9.85. The number of carbonyl (C=O) groups is 23. The van der Waals surface area contributed by atoms with Gasteiger partial charge >= 0.3 is 23.9 Å². The molecule has 2 fully saturated rings. The quantitative estimate of drug-likeness (QED) is 0.0368. The second-order valence-electron chi connectivity index (χ2n) is 34.2. The van der Waals surface area contributed by atoms with Gasteiger partial charge in [-0.1, -0.05) is 106 Å². The number of amides is 19. The molecule has 0 radical (unpaired) electrons. The van der Waals surface area contributed by atoms with Crippen molar-refractivity contribution in [3.8, 4) is 5.75 Å². The van der Waals surface area contributed by atoms with Gasteiger partial charge < -0.3 is 133 Å². The van der Waals surface area contributed by atoms with Crippen molar-refractivity contribution in [2.45, 2.75) is 196 Å². The maximum Gasteiger partial charge on any atom is 0.305 e. The lowest BCUT2D eigenvalue weighted by molar-refractivity contribution is -0.142. The summed E-state index contributed by atoms with van der Waals surface area (Å²) < 4.78 is 0. The van der Waals surface area contributed by atoms with Crippen LogP contribution in [0.5, 0.6) is 5.75 Å². The van der Waals surface area contributed by atoms with Crippen molar-refractivity contribution < 1.29 is 136 Å². The average molecular weight is 2030 g/mol. The monoisotopic (exact) mass is 2030 g/mol. The Morgan fingerprint density at radius 1 is 0.418 bits per heavy atom. The van der Waals surface area contributed by atoms with Gasteiger partial charge in [0.1, 0.15) is 90.3 Å². The Morgan fingerprint density at radius 3 is 1.30 bits per heavy atom. The molecule has 141 heavy (non-hydrogen) atoms. The number of aliphatic carboxylic acids is 4. The highest BCUT2D eigenvalue weighted by atomic mass is 32.2. The molecule has 52 heteroatoms. The lowest BCUT2D eigenvalue weighted by Crippen LogP contribution is -2.62. The molecule has 0 aromatic heterocycles. The van der Waals surface area contributed by atoms with Crippen molar-refractivity contribution in [3.05, 3.63) is 114 Å². The van der Waals surface area contributed by atoms with E-state index >= 15 is 14.4 Å². The summed E-state index contributed by atoms with van der Waals surface area (Å²) in [5, 5.41) is 93.4. The van der Waals surface area contributed by atoms with E-state index in [1.807, 2.05) is 0 Å². The van der Waals surface area contributed by atoms with Gasteiger partial charge in [0.25, 0.3) is 0 Å². The number of nitrogens with two attached hydrogens (primary N) is 3. The van der Waals surface area contributed by atoms with Gasteiger partial charge in [-0.25, -0.2) is 0 Å². The Labute approximate surface area is 821 Å². The molecule has 49 nitrogen and oxygen atoms in total. The molecule has 2 aliphatic rings. The Bertz CT molecular complexity index is 5190. The number of thioether (sulfide) groups is 3. The zero-order valence-corrected chi connectivity index (χ0v) is 80.4. The van der Waals surface area contributed by atoms with E-state index in [2.05, 4.69) is 90.4 Å². The average Bonchev–Trinajstić information content (AvgIpc) is 0.831. The fourth-order valence-corrected chi connectivity index (χ4v) is 16.6. The van der Waals surface area contributed by atoms with Gasteiger partial charge in [0, 0.05) is 88.6 Å². The van der Waals surface area contributed by atoms with Gasteiger partial charge in [0.15, 0.2) is 0 Å². The largest absolute Gasteiger partial charge is 0.508 e. The van der Waals surface area contributed by atoms with Crippen molar-refractivity contribution in [2.24, 2.45) is 22.6 Å². The first-order valence-electron chi connectivity index (χ1n) is 44.5. The number of phenolic OH excluding ortho intramolecular Hbond substituents is 1. The molecule has 0 saturated carbocycles. The molecule has 4 aromatic rings. The van der Waals surface area contributed by atoms with Crippen LogP contribution in [0.15, 0.2) is 97.1 Å². The molecule has 2 bridgehead atoms. The van der Waals surface area contributed by atoms with Crippen molar-refractivity contribution in [1.29, 1.82) is 0 Å². The predicted octanol–water partition coefficient (Wildman–Crippen LogP) is -7.29. The first-order chi connectivity index (χ1) is 66.5. The molecule has 16 atom stereocenters. The van der Waals surface area contributed by atoms with Crippen LogP contribution in [-0.2, 0) is 130 Å². The highest BCUT2D eigenvalue weighted by molar-refractivity contribution is 8.00. The number of carbonyl (C=O) groups excluding carboxylic acids is 19. The molecular weight excluding hydrogens is 1910 g/mol. The molecule has 28 N–H and O–H groups in total. The number of rotatable bonds is 21. The summed E-state index contributed by atoms with van der Waals surface area (Å²) in [6.07, 6.45) is -8.45. The second kappa shape index (κ2) is 57.3. The van der Waals surface area contributed by atoms with E-state index in [0.29, 0.717) is 28.1 Å². The highest BCUT2D eigenvalue weighted by Gasteiger charge is 2.42. The van der Waals surface area contributed by atoms with E-state index in [0.717, 1.165) is 37.4 Å². The van der Waals surface area contributed by atoms with Gasteiger partial charge in [0.05, 0.1) is 42.6 Å². The zero-order valence-electron chi connectivity index (χ0n) is 78.0. The Balaban J connectivity index is 1.49. The van der Waals surface area contributed by atoms with E-state index < -0.39 is 314 Å². The number of carboxylic acids is 4. The minimum atomic E-state index is -2.28. The second-order valence-corrected chi connectivity index (χ2v) is 37.3. The number of fused-ring (bicyclic) bond motifs is 9. The van der Waals surface area contributed by atoms with Crippen LogP contribution in [-0.4, -0.2) is 331 Å². The minimum Gasteiger partial charge on any atom is -0.508 e.